The summed E-state index contributed by atoms with van der Waals surface area (Å²) in [7, 11) is -3.86. The van der Waals surface area contributed by atoms with E-state index in [4.69, 9.17) is 10.8 Å². The van der Waals surface area contributed by atoms with Gasteiger partial charge in [-0.1, -0.05) is 0 Å². The van der Waals surface area contributed by atoms with Gasteiger partial charge < -0.3 is 15.9 Å². The highest BCUT2D eigenvalue weighted by molar-refractivity contribution is 7.89. The molecule has 2 atom stereocenters. The van der Waals surface area contributed by atoms with Crippen molar-refractivity contribution in [3.63, 3.8) is 0 Å². The van der Waals surface area contributed by atoms with E-state index in [-0.39, 0.29) is 22.6 Å². The lowest BCUT2D eigenvalue weighted by Gasteiger charge is -2.16. The summed E-state index contributed by atoms with van der Waals surface area (Å²) in [5, 5.41) is 18.0. The zero-order valence-electron chi connectivity index (χ0n) is 11.2. The molecule has 5 N–H and O–H groups in total. The number of carbonyl (C=O) groups is 1. The lowest BCUT2D eigenvalue weighted by atomic mass is 10.2. The van der Waals surface area contributed by atoms with Crippen molar-refractivity contribution in [2.75, 3.05) is 5.73 Å². The minimum atomic E-state index is -3.86. The van der Waals surface area contributed by atoms with Crippen molar-refractivity contribution >= 4 is 21.7 Å². The molecule has 0 aliphatic heterocycles. The van der Waals surface area contributed by atoms with Gasteiger partial charge in [0.1, 0.15) is 4.90 Å². The number of carboxylic acids is 1. The second-order valence-electron chi connectivity index (χ2n) is 4.66. The van der Waals surface area contributed by atoms with Crippen LogP contribution in [0.4, 0.5) is 5.69 Å². The number of hydrogen-bond donors (Lipinski definition) is 4. The summed E-state index contributed by atoms with van der Waals surface area (Å²) in [6.07, 6.45) is -0.383. The van der Waals surface area contributed by atoms with Crippen LogP contribution in [0.2, 0.25) is 0 Å². The van der Waals surface area contributed by atoms with Crippen LogP contribution >= 0.6 is 0 Å². The number of benzene rings is 1. The monoisotopic (exact) mass is 302 g/mol. The van der Waals surface area contributed by atoms with Gasteiger partial charge >= 0.3 is 5.97 Å². The van der Waals surface area contributed by atoms with Crippen molar-refractivity contribution < 1.29 is 23.4 Å². The average Bonchev–Trinajstić information content (AvgIpc) is 2.25. The van der Waals surface area contributed by atoms with Crippen LogP contribution in [0.5, 0.6) is 0 Å². The molecule has 1 rings (SSSR count). The summed E-state index contributed by atoms with van der Waals surface area (Å²) in [5.41, 5.74) is 5.37. The van der Waals surface area contributed by atoms with E-state index in [1.165, 1.54) is 6.07 Å². The van der Waals surface area contributed by atoms with Gasteiger partial charge in [-0.05, 0) is 38.5 Å². The van der Waals surface area contributed by atoms with E-state index in [0.29, 0.717) is 0 Å². The molecule has 0 saturated carbocycles. The van der Waals surface area contributed by atoms with Gasteiger partial charge in [0.05, 0.1) is 17.4 Å². The highest BCUT2D eigenvalue weighted by Gasteiger charge is 2.21. The molecular formula is C12H18N2O5S. The van der Waals surface area contributed by atoms with Crippen molar-refractivity contribution in [3.8, 4) is 0 Å². The molecule has 0 saturated heterocycles. The first-order valence-corrected chi connectivity index (χ1v) is 7.45. The highest BCUT2D eigenvalue weighted by atomic mass is 32.2. The molecular weight excluding hydrogens is 284 g/mol. The fraction of sp³-hybridized carbons (Fsp3) is 0.417. The first-order valence-electron chi connectivity index (χ1n) is 5.96. The van der Waals surface area contributed by atoms with Crippen LogP contribution < -0.4 is 10.5 Å². The Balaban J connectivity index is 3.01. The number of aromatic carboxylic acids is 1. The summed E-state index contributed by atoms with van der Waals surface area (Å²) >= 11 is 0. The van der Waals surface area contributed by atoms with Crippen molar-refractivity contribution in [3.05, 3.63) is 23.8 Å². The summed E-state index contributed by atoms with van der Waals surface area (Å²) < 4.78 is 26.6. The van der Waals surface area contributed by atoms with Gasteiger partial charge in [-0.15, -0.1) is 0 Å². The van der Waals surface area contributed by atoms with Crippen molar-refractivity contribution in [2.45, 2.75) is 37.3 Å². The summed E-state index contributed by atoms with van der Waals surface area (Å²) in [6, 6.07) is 2.94. The van der Waals surface area contributed by atoms with E-state index >= 15 is 0 Å². The van der Waals surface area contributed by atoms with Gasteiger partial charge in [-0.25, -0.2) is 17.9 Å². The van der Waals surface area contributed by atoms with E-state index in [0.717, 1.165) is 12.1 Å². The van der Waals surface area contributed by atoms with E-state index < -0.39 is 28.1 Å². The number of sulfonamides is 1. The molecule has 0 bridgehead atoms. The van der Waals surface area contributed by atoms with E-state index in [1.54, 1.807) is 13.8 Å². The van der Waals surface area contributed by atoms with E-state index in [1.807, 2.05) is 0 Å². The maximum atomic E-state index is 12.1. The molecule has 8 heteroatoms. The molecule has 1 aromatic rings. The number of nitrogen functional groups attached to an aromatic ring is 1. The maximum Gasteiger partial charge on any atom is 0.335 e. The lowest BCUT2D eigenvalue weighted by molar-refractivity contribution is 0.0696. The minimum Gasteiger partial charge on any atom is -0.478 e. The fourth-order valence-corrected chi connectivity index (χ4v) is 3.18. The van der Waals surface area contributed by atoms with Crippen molar-refractivity contribution in [1.82, 2.24) is 4.72 Å². The molecule has 0 aliphatic rings. The summed E-state index contributed by atoms with van der Waals surface area (Å²) in [6.45, 7) is 3.17. The average molecular weight is 302 g/mol. The Morgan fingerprint density at radius 2 is 2.00 bits per heavy atom. The van der Waals surface area contributed by atoms with E-state index in [2.05, 4.69) is 4.72 Å². The second kappa shape index (κ2) is 6.21. The standard InChI is InChI=1S/C12H18N2O5S/c1-7(5-8(2)15)14-20(18,19)11-4-3-9(12(16)17)6-10(11)13/h3-4,6-8,14-15H,5,13H2,1-2H3,(H,16,17). The van der Waals surface area contributed by atoms with Gasteiger partial charge in [-0.3, -0.25) is 0 Å². The smallest absolute Gasteiger partial charge is 0.335 e. The van der Waals surface area contributed by atoms with E-state index in [9.17, 15) is 18.3 Å². The molecule has 0 amide bonds. The third-order valence-electron chi connectivity index (χ3n) is 2.60. The summed E-state index contributed by atoms with van der Waals surface area (Å²) in [5.74, 6) is -1.18. The molecule has 0 fully saturated rings. The SMILES string of the molecule is CC(O)CC(C)NS(=O)(=O)c1ccc(C(=O)O)cc1N. The first-order chi connectivity index (χ1) is 9.13. The molecule has 0 heterocycles. The van der Waals surface area contributed by atoms with Crippen LogP contribution in [-0.2, 0) is 10.0 Å². The summed E-state index contributed by atoms with van der Waals surface area (Å²) in [4.78, 5) is 10.6. The first kappa shape index (κ1) is 16.4. The predicted molar refractivity (Wildman–Crippen MR) is 73.9 cm³/mol. The van der Waals surface area contributed by atoms with Crippen LogP contribution in [0.1, 0.15) is 30.6 Å². The second-order valence-corrected chi connectivity index (χ2v) is 6.35. The normalized spacial score (nSPS) is 14.8. The molecule has 0 radical (unpaired) electrons. The quantitative estimate of drug-likeness (QED) is 0.563. The number of hydrogen-bond acceptors (Lipinski definition) is 5. The molecule has 7 nitrogen and oxygen atoms in total. The van der Waals surface area contributed by atoms with Crippen LogP contribution in [0.3, 0.4) is 0 Å². The molecule has 112 valence electrons. The Labute approximate surface area is 117 Å². The number of rotatable bonds is 6. The van der Waals surface area contributed by atoms with Gasteiger partial charge in [0.25, 0.3) is 0 Å². The Bertz CT molecular complexity index is 598. The molecule has 20 heavy (non-hydrogen) atoms. The zero-order chi connectivity index (χ0) is 15.5. The Kier molecular flexibility index (Phi) is 5.09. The van der Waals surface area contributed by atoms with Gasteiger partial charge in [-0.2, -0.15) is 0 Å². The highest BCUT2D eigenvalue weighted by Crippen LogP contribution is 2.20. The third kappa shape index (κ3) is 4.19. The Hall–Kier alpha value is -1.64. The van der Waals surface area contributed by atoms with Crippen LogP contribution in [0, 0.1) is 0 Å². The zero-order valence-corrected chi connectivity index (χ0v) is 12.0. The number of aliphatic hydroxyl groups is 1. The van der Waals surface area contributed by atoms with Gasteiger partial charge in [0.15, 0.2) is 0 Å². The molecule has 0 aromatic heterocycles. The Morgan fingerprint density at radius 3 is 2.45 bits per heavy atom. The number of carboxylic acid groups (broad SMARTS) is 1. The number of nitrogens with two attached hydrogens (primary N) is 1. The van der Waals surface area contributed by atoms with Crippen LogP contribution in [0.15, 0.2) is 23.1 Å². The Morgan fingerprint density at radius 1 is 1.40 bits per heavy atom. The molecule has 0 aliphatic carbocycles. The number of aliphatic hydroxyl groups excluding tert-OH is 1. The van der Waals surface area contributed by atoms with Crippen LogP contribution in [-0.4, -0.2) is 36.7 Å². The lowest BCUT2D eigenvalue weighted by Crippen LogP contribution is -2.35. The molecule has 2 unspecified atom stereocenters. The maximum absolute atomic E-state index is 12.1. The molecule has 1 aromatic carbocycles. The third-order valence-corrected chi connectivity index (χ3v) is 4.26. The van der Waals surface area contributed by atoms with Crippen molar-refractivity contribution in [1.29, 1.82) is 0 Å². The van der Waals surface area contributed by atoms with Crippen molar-refractivity contribution in [2.24, 2.45) is 0 Å². The molecule has 0 spiro atoms. The fourth-order valence-electron chi connectivity index (χ4n) is 1.81. The van der Waals surface area contributed by atoms with Gasteiger partial charge in [0.2, 0.25) is 10.0 Å². The number of anilines is 1. The van der Waals surface area contributed by atoms with Gasteiger partial charge in [0, 0.05) is 6.04 Å². The predicted octanol–water partition coefficient (Wildman–Crippen LogP) is 0.405. The number of nitrogens with one attached hydrogen (secondary N) is 1. The van der Waals surface area contributed by atoms with Crippen LogP contribution in [0.25, 0.3) is 0 Å². The minimum absolute atomic E-state index is 0.0847. The largest absolute Gasteiger partial charge is 0.478 e. The topological polar surface area (TPSA) is 130 Å².